The van der Waals surface area contributed by atoms with E-state index in [2.05, 4.69) is 440 Å². The molecule has 0 unspecified atom stereocenters. The summed E-state index contributed by atoms with van der Waals surface area (Å²) in [6.45, 7) is 13.7. The minimum absolute atomic E-state index is 0.133. The Hall–Kier alpha value is -12.8. The summed E-state index contributed by atoms with van der Waals surface area (Å²) >= 11 is 3.91. The maximum atomic E-state index is 2.75. The van der Waals surface area contributed by atoms with Crippen molar-refractivity contribution in [1.29, 1.82) is 0 Å². The molecular weight excluding hydrogens is 1430 g/mol. The number of rotatable bonds is 12. The topological polar surface area (TPSA) is 6.48 Å². The van der Waals surface area contributed by atoms with E-state index in [1.54, 1.807) is 0 Å². The Morgan fingerprint density at radius 1 is 0.224 bits per heavy atom. The SMILES string of the molecule is CC(C)(C)c1cc(-c2cc3c4c(c2)N(c2c(-c5ccccc5)cccc2-c2ccccc2)c2cc5c(cc2B4c2ccc(-c4ccccc4)c(-c4ccccc4)c2S3)B2c3ccc(-c4ccccc4)c(-c4ccccc4)c3Sc3cc(-c4cc(-c6ccccc6)cc(-c6ccccc6)c4)cc(c32)N5c2ccccc2)cc(C(C)(C)C)c1. The van der Waals surface area contributed by atoms with Crippen LogP contribution in [0.4, 0.5) is 34.1 Å². The minimum atomic E-state index is -0.244. The number of hydrogen-bond acceptors (Lipinski definition) is 4. The Morgan fingerprint density at radius 2 is 0.543 bits per heavy atom. The van der Waals surface area contributed by atoms with E-state index >= 15 is 0 Å². The minimum Gasteiger partial charge on any atom is -0.311 e. The van der Waals surface area contributed by atoms with Crippen molar-refractivity contribution >= 4 is 104 Å². The summed E-state index contributed by atoms with van der Waals surface area (Å²) in [5, 5.41) is 0. The molecule has 0 amide bonds. The van der Waals surface area contributed by atoms with Gasteiger partial charge in [0.1, 0.15) is 0 Å². The van der Waals surface area contributed by atoms with E-state index in [-0.39, 0.29) is 24.3 Å². The molecule has 0 atom stereocenters. The molecule has 17 aromatic rings. The fourth-order valence-electron chi connectivity index (χ4n) is 18.6. The third-order valence-electron chi connectivity index (χ3n) is 24.2. The summed E-state index contributed by atoms with van der Waals surface area (Å²) in [6.07, 6.45) is 0. The summed E-state index contributed by atoms with van der Waals surface area (Å²) in [7, 11) is 0. The zero-order valence-electron chi connectivity index (χ0n) is 65.8. The summed E-state index contributed by atoms with van der Waals surface area (Å²) in [5.41, 5.74) is 40.6. The normalized spacial score (nSPS) is 12.9. The zero-order chi connectivity index (χ0) is 77.9. The average molecular weight is 1520 g/mol. The lowest BCUT2D eigenvalue weighted by molar-refractivity contribution is 0.569. The van der Waals surface area contributed by atoms with Crippen molar-refractivity contribution < 1.29 is 0 Å². The first kappa shape index (κ1) is 71.0. The standard InChI is InChI=1S/C110H82B2N2S2/c1-109(2,3)85-62-82(63-86(68-85)110(4,5)6)84-65-99-105-101(67-84)116-108-93(58-56-89(74-41-22-10-23-42-74)103(108)78-49-30-14-31-50-78)112(105)95-69-94-96(70-97(95)114(99)106-90(75-43-24-11-25-44-75)53-34-54-91(106)76-45-26-12-27-46-76)113(87-51-32-15-33-52-87)98-64-83(81-60-79(71-35-16-7-17-36-71)59-80(61-81)72-37-18-8-19-38-72)66-100-104(98)111(94)92-57-55-88(73-39-20-9-21-40-73)102(107(92)115-100)77-47-28-13-29-48-77/h7-70H,1-6H3. The highest BCUT2D eigenvalue weighted by Crippen LogP contribution is 2.56. The van der Waals surface area contributed by atoms with Crippen LogP contribution in [0.15, 0.2) is 408 Å². The molecule has 550 valence electrons. The van der Waals surface area contributed by atoms with Crippen molar-refractivity contribution in [3.63, 3.8) is 0 Å². The molecule has 4 aliphatic rings. The Kier molecular flexibility index (Phi) is 17.5. The number of para-hydroxylation sites is 2. The van der Waals surface area contributed by atoms with E-state index in [1.165, 1.54) is 147 Å². The van der Waals surface area contributed by atoms with Gasteiger partial charge in [0, 0.05) is 70.3 Å². The zero-order valence-corrected chi connectivity index (χ0v) is 67.4. The Bertz CT molecular complexity index is 6540. The number of benzene rings is 17. The van der Waals surface area contributed by atoms with Gasteiger partial charge < -0.3 is 9.80 Å². The Balaban J connectivity index is 0.929. The molecule has 21 rings (SSSR count). The van der Waals surface area contributed by atoms with Crippen LogP contribution in [0.1, 0.15) is 52.7 Å². The predicted octanol–water partition coefficient (Wildman–Crippen LogP) is 26.5. The Labute approximate surface area is 691 Å². The summed E-state index contributed by atoms with van der Waals surface area (Å²) in [4.78, 5) is 10.5. The maximum Gasteiger partial charge on any atom is 0.249 e. The van der Waals surface area contributed by atoms with E-state index in [0.717, 1.165) is 61.8 Å². The molecule has 0 radical (unpaired) electrons. The lowest BCUT2D eigenvalue weighted by Gasteiger charge is -2.45. The quantitative estimate of drug-likeness (QED) is 0.112. The van der Waals surface area contributed by atoms with Gasteiger partial charge in [-0.2, -0.15) is 0 Å². The van der Waals surface area contributed by atoms with Gasteiger partial charge >= 0.3 is 0 Å². The molecule has 0 N–H and O–H groups in total. The highest BCUT2D eigenvalue weighted by molar-refractivity contribution is 8.00. The van der Waals surface area contributed by atoms with Crippen LogP contribution in [0.3, 0.4) is 0 Å². The third-order valence-corrected chi connectivity index (χ3v) is 26.6. The molecule has 0 aromatic heterocycles. The van der Waals surface area contributed by atoms with Gasteiger partial charge in [-0.3, -0.25) is 0 Å². The second-order valence-corrected chi connectivity index (χ2v) is 35.5. The maximum absolute atomic E-state index is 2.75. The summed E-state index contributed by atoms with van der Waals surface area (Å²) in [5.74, 6) is 0. The summed E-state index contributed by atoms with van der Waals surface area (Å²) < 4.78 is 0. The van der Waals surface area contributed by atoms with Crippen LogP contribution in [-0.2, 0) is 10.8 Å². The smallest absolute Gasteiger partial charge is 0.249 e. The first-order chi connectivity index (χ1) is 56.8. The van der Waals surface area contributed by atoms with Crippen molar-refractivity contribution in [3.8, 4) is 111 Å². The molecule has 0 bridgehead atoms. The number of hydrogen-bond donors (Lipinski definition) is 0. The van der Waals surface area contributed by atoms with Crippen molar-refractivity contribution in [2.24, 2.45) is 0 Å². The highest BCUT2D eigenvalue weighted by Gasteiger charge is 2.49. The van der Waals surface area contributed by atoms with Crippen LogP contribution < -0.4 is 42.6 Å². The molecule has 0 fully saturated rings. The molecule has 0 saturated heterocycles. The van der Waals surface area contributed by atoms with Crippen molar-refractivity contribution in [2.45, 2.75) is 72.0 Å². The molecule has 6 heteroatoms. The molecule has 2 nitrogen and oxygen atoms in total. The number of fused-ring (bicyclic) bond motifs is 8. The fraction of sp³-hybridized carbons (Fsp3) is 0.0727. The fourth-order valence-corrected chi connectivity index (χ4v) is 21.3. The Morgan fingerprint density at radius 3 is 0.931 bits per heavy atom. The largest absolute Gasteiger partial charge is 0.311 e. The van der Waals surface area contributed by atoms with Crippen molar-refractivity contribution in [3.05, 3.63) is 399 Å². The lowest BCUT2D eigenvalue weighted by atomic mass is 9.31. The van der Waals surface area contributed by atoms with Crippen LogP contribution in [0.25, 0.3) is 111 Å². The molecule has 0 saturated carbocycles. The van der Waals surface area contributed by atoms with Crippen molar-refractivity contribution in [2.75, 3.05) is 9.80 Å². The van der Waals surface area contributed by atoms with E-state index in [1.807, 2.05) is 23.5 Å². The van der Waals surface area contributed by atoms with Gasteiger partial charge in [0.25, 0.3) is 0 Å². The van der Waals surface area contributed by atoms with Crippen LogP contribution >= 0.6 is 23.5 Å². The average Bonchev–Trinajstić information content (AvgIpc) is 0.682. The lowest BCUT2D eigenvalue weighted by Crippen LogP contribution is -2.64. The van der Waals surface area contributed by atoms with E-state index in [4.69, 9.17) is 0 Å². The molecule has 17 aromatic carbocycles. The number of anilines is 6. The van der Waals surface area contributed by atoms with E-state index in [0.29, 0.717) is 0 Å². The first-order valence-electron chi connectivity index (χ1n) is 40.6. The molecule has 116 heavy (non-hydrogen) atoms. The first-order valence-corrected chi connectivity index (χ1v) is 42.2. The molecular formula is C110H82B2N2S2. The molecule has 0 aliphatic carbocycles. The monoisotopic (exact) mass is 1520 g/mol. The van der Waals surface area contributed by atoms with Gasteiger partial charge in [0.15, 0.2) is 0 Å². The second-order valence-electron chi connectivity index (χ2n) is 33.4. The van der Waals surface area contributed by atoms with E-state index in [9.17, 15) is 0 Å². The van der Waals surface area contributed by atoms with Crippen molar-refractivity contribution in [1.82, 2.24) is 0 Å². The molecule has 4 aliphatic heterocycles. The van der Waals surface area contributed by atoms with Gasteiger partial charge in [-0.05, 0) is 193 Å². The molecule has 4 heterocycles. The number of nitrogens with zero attached hydrogens (tertiary/aromatic N) is 2. The predicted molar refractivity (Wildman–Crippen MR) is 498 cm³/mol. The van der Waals surface area contributed by atoms with Gasteiger partial charge in [-0.15, -0.1) is 0 Å². The van der Waals surface area contributed by atoms with Gasteiger partial charge in [-0.1, -0.05) is 404 Å². The van der Waals surface area contributed by atoms with Crippen LogP contribution in [0.5, 0.6) is 0 Å². The van der Waals surface area contributed by atoms with Gasteiger partial charge in [0.05, 0.1) is 5.69 Å². The third kappa shape index (κ3) is 12.3. The van der Waals surface area contributed by atoms with E-state index < -0.39 is 0 Å². The van der Waals surface area contributed by atoms with Gasteiger partial charge in [-0.25, -0.2) is 0 Å². The summed E-state index contributed by atoms with van der Waals surface area (Å²) in [6, 6.07) is 147. The van der Waals surface area contributed by atoms with Gasteiger partial charge in [0.2, 0.25) is 13.4 Å². The van der Waals surface area contributed by atoms with Crippen LogP contribution in [0.2, 0.25) is 0 Å². The van der Waals surface area contributed by atoms with Crippen LogP contribution in [0, 0.1) is 0 Å². The molecule has 0 spiro atoms. The second kappa shape index (κ2) is 28.6. The highest BCUT2D eigenvalue weighted by atomic mass is 32.2. The van der Waals surface area contributed by atoms with Crippen LogP contribution in [-0.4, -0.2) is 13.4 Å².